The summed E-state index contributed by atoms with van der Waals surface area (Å²) < 4.78 is 4.49. The Bertz CT molecular complexity index is 616. The van der Waals surface area contributed by atoms with Crippen LogP contribution in [0.2, 0.25) is 0 Å². The number of fused-ring (bicyclic) bond motifs is 1. The van der Waals surface area contributed by atoms with Gasteiger partial charge in [0, 0.05) is 0 Å². The van der Waals surface area contributed by atoms with E-state index in [1.807, 2.05) is 13.0 Å². The molecule has 0 aliphatic heterocycles. The molecule has 0 saturated carbocycles. The van der Waals surface area contributed by atoms with Crippen molar-refractivity contribution in [3.05, 3.63) is 39.9 Å². The van der Waals surface area contributed by atoms with E-state index in [9.17, 15) is 9.59 Å². The molecule has 2 aromatic rings. The zero-order valence-corrected chi connectivity index (χ0v) is 8.90. The summed E-state index contributed by atoms with van der Waals surface area (Å²) in [7, 11) is 1.24. The fraction of sp³-hybridized carbons (Fsp3) is 0.182. The van der Waals surface area contributed by atoms with Crippen molar-refractivity contribution in [3.63, 3.8) is 0 Å². The molecule has 0 saturated heterocycles. The molecule has 0 fully saturated rings. The van der Waals surface area contributed by atoms with E-state index >= 15 is 0 Å². The molecule has 2 rings (SSSR count). The van der Waals surface area contributed by atoms with Crippen LogP contribution in [0.3, 0.4) is 0 Å². The quantitative estimate of drug-likeness (QED) is 0.725. The van der Waals surface area contributed by atoms with Gasteiger partial charge in [0.25, 0.3) is 5.56 Å². The average Bonchev–Trinajstić information content (AvgIpc) is 2.28. The first kappa shape index (κ1) is 10.4. The molecule has 5 nitrogen and oxygen atoms in total. The van der Waals surface area contributed by atoms with Gasteiger partial charge in [-0.2, -0.15) is 0 Å². The van der Waals surface area contributed by atoms with Crippen LogP contribution in [0.4, 0.5) is 0 Å². The summed E-state index contributed by atoms with van der Waals surface area (Å²) in [6.07, 6.45) is 0. The number of hydrogen-bond acceptors (Lipinski definition) is 4. The van der Waals surface area contributed by atoms with Crippen LogP contribution in [-0.2, 0) is 4.74 Å². The number of nitrogens with one attached hydrogen (secondary N) is 1. The fourth-order valence-corrected chi connectivity index (χ4v) is 1.45. The molecule has 0 unspecified atom stereocenters. The summed E-state index contributed by atoms with van der Waals surface area (Å²) in [5, 5.41) is 0.465. The van der Waals surface area contributed by atoms with Crippen molar-refractivity contribution in [1.82, 2.24) is 9.97 Å². The number of rotatable bonds is 1. The van der Waals surface area contributed by atoms with Gasteiger partial charge in [0.05, 0.1) is 18.0 Å². The van der Waals surface area contributed by atoms with E-state index in [4.69, 9.17) is 0 Å². The molecule has 1 heterocycles. The summed E-state index contributed by atoms with van der Waals surface area (Å²) >= 11 is 0. The molecule has 0 bridgehead atoms. The summed E-state index contributed by atoms with van der Waals surface area (Å²) in [5.41, 5.74) is 1.11. The SMILES string of the molecule is COC(=O)c1nc2ccc(C)cc2c(=O)[nH]1. The third-order valence-electron chi connectivity index (χ3n) is 2.24. The van der Waals surface area contributed by atoms with Gasteiger partial charge < -0.3 is 9.72 Å². The Hall–Kier alpha value is -2.17. The van der Waals surface area contributed by atoms with Crippen LogP contribution in [0.15, 0.2) is 23.0 Å². The van der Waals surface area contributed by atoms with Gasteiger partial charge in [0.1, 0.15) is 0 Å². The Morgan fingerprint density at radius 3 is 2.88 bits per heavy atom. The van der Waals surface area contributed by atoms with Crippen molar-refractivity contribution in [2.24, 2.45) is 0 Å². The van der Waals surface area contributed by atoms with E-state index < -0.39 is 5.97 Å². The molecule has 0 aliphatic rings. The van der Waals surface area contributed by atoms with Gasteiger partial charge in [0.15, 0.2) is 0 Å². The summed E-state index contributed by atoms with van der Waals surface area (Å²) in [4.78, 5) is 29.3. The minimum absolute atomic E-state index is 0.0798. The molecule has 0 amide bonds. The minimum atomic E-state index is -0.653. The average molecular weight is 218 g/mol. The van der Waals surface area contributed by atoms with E-state index in [0.29, 0.717) is 10.9 Å². The molecular weight excluding hydrogens is 208 g/mol. The van der Waals surface area contributed by atoms with Gasteiger partial charge in [-0.05, 0) is 19.1 Å². The van der Waals surface area contributed by atoms with Crippen molar-refractivity contribution in [1.29, 1.82) is 0 Å². The number of aromatic amines is 1. The second-order valence-electron chi connectivity index (χ2n) is 3.43. The standard InChI is InChI=1S/C11H10N2O3/c1-6-3-4-8-7(5-6)10(14)13-9(12-8)11(15)16-2/h3-5H,1-2H3,(H,12,13,14). The number of benzene rings is 1. The molecule has 1 N–H and O–H groups in total. The van der Waals surface area contributed by atoms with Crippen LogP contribution in [0.1, 0.15) is 16.2 Å². The van der Waals surface area contributed by atoms with E-state index in [1.165, 1.54) is 7.11 Å². The number of carbonyl (C=O) groups is 1. The van der Waals surface area contributed by atoms with Crippen molar-refractivity contribution in [2.45, 2.75) is 6.92 Å². The van der Waals surface area contributed by atoms with Gasteiger partial charge in [-0.15, -0.1) is 0 Å². The predicted molar refractivity (Wildman–Crippen MR) is 58.4 cm³/mol. The Balaban J connectivity index is 2.73. The number of esters is 1. The van der Waals surface area contributed by atoms with Crippen LogP contribution in [0.25, 0.3) is 10.9 Å². The molecule has 0 atom stereocenters. The maximum Gasteiger partial charge on any atom is 0.374 e. The number of H-pyrrole nitrogens is 1. The lowest BCUT2D eigenvalue weighted by molar-refractivity contribution is 0.0587. The van der Waals surface area contributed by atoms with Crippen LogP contribution in [0.5, 0.6) is 0 Å². The molecular formula is C11H10N2O3. The molecule has 0 spiro atoms. The Morgan fingerprint density at radius 2 is 2.19 bits per heavy atom. The van der Waals surface area contributed by atoms with Crippen LogP contribution in [-0.4, -0.2) is 23.0 Å². The highest BCUT2D eigenvalue weighted by atomic mass is 16.5. The number of methoxy groups -OCH3 is 1. The first-order chi connectivity index (χ1) is 7.61. The summed E-state index contributed by atoms with van der Waals surface area (Å²) in [5.74, 6) is -0.733. The summed E-state index contributed by atoms with van der Waals surface area (Å²) in [6.45, 7) is 1.88. The number of ether oxygens (including phenoxy) is 1. The van der Waals surface area contributed by atoms with E-state index in [0.717, 1.165) is 5.56 Å². The largest absolute Gasteiger partial charge is 0.463 e. The first-order valence-corrected chi connectivity index (χ1v) is 4.71. The van der Waals surface area contributed by atoms with Gasteiger partial charge in [-0.3, -0.25) is 4.79 Å². The highest BCUT2D eigenvalue weighted by Gasteiger charge is 2.10. The smallest absolute Gasteiger partial charge is 0.374 e. The number of nitrogens with zero attached hydrogens (tertiary/aromatic N) is 1. The second kappa shape index (κ2) is 3.77. The monoisotopic (exact) mass is 218 g/mol. The molecule has 16 heavy (non-hydrogen) atoms. The lowest BCUT2D eigenvalue weighted by Gasteiger charge is -2.01. The molecule has 5 heteroatoms. The maximum absolute atomic E-state index is 11.7. The summed E-state index contributed by atoms with van der Waals surface area (Å²) in [6, 6.07) is 5.25. The van der Waals surface area contributed by atoms with Crippen molar-refractivity contribution in [3.8, 4) is 0 Å². The first-order valence-electron chi connectivity index (χ1n) is 4.71. The Morgan fingerprint density at radius 1 is 1.44 bits per heavy atom. The molecule has 0 radical (unpaired) electrons. The number of aryl methyl sites for hydroxylation is 1. The lowest BCUT2D eigenvalue weighted by Crippen LogP contribution is -2.16. The number of carbonyl (C=O) groups excluding carboxylic acids is 1. The van der Waals surface area contributed by atoms with Gasteiger partial charge in [0.2, 0.25) is 5.82 Å². The van der Waals surface area contributed by atoms with Crippen LogP contribution in [0, 0.1) is 6.92 Å². The van der Waals surface area contributed by atoms with Crippen molar-refractivity contribution in [2.75, 3.05) is 7.11 Å². The molecule has 1 aromatic carbocycles. The van der Waals surface area contributed by atoms with Gasteiger partial charge in [-0.25, -0.2) is 9.78 Å². The highest BCUT2D eigenvalue weighted by Crippen LogP contribution is 2.09. The third kappa shape index (κ3) is 1.67. The maximum atomic E-state index is 11.7. The topological polar surface area (TPSA) is 72.0 Å². The van der Waals surface area contributed by atoms with E-state index in [2.05, 4.69) is 14.7 Å². The molecule has 82 valence electrons. The van der Waals surface area contributed by atoms with Gasteiger partial charge in [-0.1, -0.05) is 11.6 Å². The molecule has 1 aromatic heterocycles. The molecule has 0 aliphatic carbocycles. The zero-order chi connectivity index (χ0) is 11.7. The predicted octanol–water partition coefficient (Wildman–Crippen LogP) is 1.02. The lowest BCUT2D eigenvalue weighted by atomic mass is 10.2. The fourth-order valence-electron chi connectivity index (χ4n) is 1.45. The second-order valence-corrected chi connectivity index (χ2v) is 3.43. The van der Waals surface area contributed by atoms with E-state index in [1.54, 1.807) is 12.1 Å². The Kier molecular flexibility index (Phi) is 2.44. The van der Waals surface area contributed by atoms with Crippen LogP contribution >= 0.6 is 0 Å². The van der Waals surface area contributed by atoms with E-state index in [-0.39, 0.29) is 11.4 Å². The third-order valence-corrected chi connectivity index (χ3v) is 2.24. The van der Waals surface area contributed by atoms with Crippen molar-refractivity contribution < 1.29 is 9.53 Å². The zero-order valence-electron chi connectivity index (χ0n) is 8.90. The minimum Gasteiger partial charge on any atom is -0.463 e. The Labute approximate surface area is 91.1 Å². The number of hydrogen-bond donors (Lipinski definition) is 1. The number of aromatic nitrogens is 2. The normalized spacial score (nSPS) is 10.4. The van der Waals surface area contributed by atoms with Crippen LogP contribution < -0.4 is 5.56 Å². The van der Waals surface area contributed by atoms with Gasteiger partial charge >= 0.3 is 5.97 Å². The highest BCUT2D eigenvalue weighted by molar-refractivity contribution is 5.88. The van der Waals surface area contributed by atoms with Crippen molar-refractivity contribution >= 4 is 16.9 Å².